The van der Waals surface area contributed by atoms with Gasteiger partial charge in [-0.2, -0.15) is 0 Å². The molecule has 0 atom stereocenters. The van der Waals surface area contributed by atoms with E-state index < -0.39 is 11.8 Å². The molecule has 1 N–H and O–H groups in total. The van der Waals surface area contributed by atoms with Crippen molar-refractivity contribution in [3.8, 4) is 0 Å². The first kappa shape index (κ1) is 12.9. The maximum absolute atomic E-state index is 11.4. The third kappa shape index (κ3) is 4.07. The minimum absolute atomic E-state index is 0.308. The number of amides is 2. The lowest BCUT2D eigenvalue weighted by atomic mass is 10.1. The second-order valence-corrected chi connectivity index (χ2v) is 3.79. The van der Waals surface area contributed by atoms with Gasteiger partial charge in [-0.1, -0.05) is 30.8 Å². The predicted octanol–water partition coefficient (Wildman–Crippen LogP) is 2.23. The Balaban J connectivity index is 2.66. The molecule has 0 unspecified atom stereocenters. The standard InChI is InChI=1S/C14H15NO2/c1-10(2)14(17)15-13(16)9-8-12-7-5-4-6-11(12)3/h4-9H,1H2,2-3H3,(H,15,16,17)/b9-8+. The van der Waals surface area contributed by atoms with E-state index in [1.165, 1.54) is 6.08 Å². The fourth-order valence-electron chi connectivity index (χ4n) is 1.20. The number of hydrogen-bond acceptors (Lipinski definition) is 2. The van der Waals surface area contributed by atoms with E-state index in [0.29, 0.717) is 5.57 Å². The molecule has 0 aliphatic rings. The zero-order valence-corrected chi connectivity index (χ0v) is 9.99. The van der Waals surface area contributed by atoms with Crippen molar-refractivity contribution in [2.24, 2.45) is 0 Å². The van der Waals surface area contributed by atoms with Gasteiger partial charge in [-0.05, 0) is 31.1 Å². The molecule has 0 saturated carbocycles. The molecule has 1 rings (SSSR count). The van der Waals surface area contributed by atoms with Crippen LogP contribution >= 0.6 is 0 Å². The molecule has 0 aliphatic heterocycles. The Hall–Kier alpha value is -2.16. The molecule has 1 aromatic rings. The van der Waals surface area contributed by atoms with E-state index in [1.807, 2.05) is 31.2 Å². The monoisotopic (exact) mass is 229 g/mol. The zero-order valence-electron chi connectivity index (χ0n) is 9.99. The van der Waals surface area contributed by atoms with Gasteiger partial charge < -0.3 is 0 Å². The van der Waals surface area contributed by atoms with Crippen LogP contribution in [0.25, 0.3) is 6.08 Å². The molecule has 0 bridgehead atoms. The second-order valence-electron chi connectivity index (χ2n) is 3.79. The van der Waals surface area contributed by atoms with Gasteiger partial charge in [0.15, 0.2) is 0 Å². The van der Waals surface area contributed by atoms with Crippen molar-refractivity contribution in [3.05, 3.63) is 53.6 Å². The minimum atomic E-state index is -0.454. The first-order valence-corrected chi connectivity index (χ1v) is 5.25. The average Bonchev–Trinajstić information content (AvgIpc) is 2.27. The molecule has 0 saturated heterocycles. The van der Waals surface area contributed by atoms with E-state index in [0.717, 1.165) is 11.1 Å². The Labute approximate surface area is 101 Å². The third-order valence-electron chi connectivity index (χ3n) is 2.23. The number of aryl methyl sites for hydroxylation is 1. The van der Waals surface area contributed by atoms with E-state index in [9.17, 15) is 9.59 Å². The van der Waals surface area contributed by atoms with Gasteiger partial charge in [0.2, 0.25) is 0 Å². The normalized spacial score (nSPS) is 10.2. The average molecular weight is 229 g/mol. The van der Waals surface area contributed by atoms with E-state index in [1.54, 1.807) is 13.0 Å². The highest BCUT2D eigenvalue weighted by Crippen LogP contribution is 2.08. The topological polar surface area (TPSA) is 46.2 Å². The molecule has 0 aromatic heterocycles. The number of carbonyl (C=O) groups is 2. The summed E-state index contributed by atoms with van der Waals surface area (Å²) in [6, 6.07) is 7.68. The summed E-state index contributed by atoms with van der Waals surface area (Å²) in [5.41, 5.74) is 2.33. The van der Waals surface area contributed by atoms with Crippen molar-refractivity contribution in [1.29, 1.82) is 0 Å². The molecule has 0 spiro atoms. The molecule has 1 aromatic carbocycles. The number of rotatable bonds is 3. The Morgan fingerprint density at radius 2 is 1.94 bits per heavy atom. The maximum Gasteiger partial charge on any atom is 0.253 e. The number of carbonyl (C=O) groups excluding carboxylic acids is 2. The van der Waals surface area contributed by atoms with Crippen molar-refractivity contribution in [1.82, 2.24) is 5.32 Å². The summed E-state index contributed by atoms with van der Waals surface area (Å²) < 4.78 is 0. The Morgan fingerprint density at radius 1 is 1.29 bits per heavy atom. The van der Waals surface area contributed by atoms with Gasteiger partial charge in [0.05, 0.1) is 0 Å². The van der Waals surface area contributed by atoms with Gasteiger partial charge in [-0.3, -0.25) is 14.9 Å². The lowest BCUT2D eigenvalue weighted by molar-refractivity contribution is -0.125. The van der Waals surface area contributed by atoms with Crippen LogP contribution in [0.5, 0.6) is 0 Å². The summed E-state index contributed by atoms with van der Waals surface area (Å²) in [6.45, 7) is 6.96. The summed E-state index contributed by atoms with van der Waals surface area (Å²) in [5.74, 6) is -0.898. The molecule has 2 amide bonds. The van der Waals surface area contributed by atoms with Gasteiger partial charge >= 0.3 is 0 Å². The third-order valence-corrected chi connectivity index (χ3v) is 2.23. The fourth-order valence-corrected chi connectivity index (χ4v) is 1.20. The molecule has 0 aliphatic carbocycles. The zero-order chi connectivity index (χ0) is 12.8. The van der Waals surface area contributed by atoms with Crippen LogP contribution in [0.2, 0.25) is 0 Å². The predicted molar refractivity (Wildman–Crippen MR) is 68.2 cm³/mol. The van der Waals surface area contributed by atoms with Crippen molar-refractivity contribution < 1.29 is 9.59 Å². The number of hydrogen-bond donors (Lipinski definition) is 1. The van der Waals surface area contributed by atoms with Crippen LogP contribution in [0.15, 0.2) is 42.5 Å². The van der Waals surface area contributed by atoms with Crippen LogP contribution < -0.4 is 5.32 Å². The molecule has 0 heterocycles. The van der Waals surface area contributed by atoms with Gasteiger partial charge in [-0.15, -0.1) is 0 Å². The van der Waals surface area contributed by atoms with Gasteiger partial charge in [-0.25, -0.2) is 0 Å². The van der Waals surface area contributed by atoms with E-state index in [-0.39, 0.29) is 0 Å². The lowest BCUT2D eigenvalue weighted by Gasteiger charge is -2.00. The summed E-state index contributed by atoms with van der Waals surface area (Å²) >= 11 is 0. The molecule has 3 heteroatoms. The number of benzene rings is 1. The van der Waals surface area contributed by atoms with Crippen LogP contribution in [0.4, 0.5) is 0 Å². The Morgan fingerprint density at radius 3 is 2.53 bits per heavy atom. The van der Waals surface area contributed by atoms with E-state index in [2.05, 4.69) is 11.9 Å². The van der Waals surface area contributed by atoms with Gasteiger partial charge in [0, 0.05) is 11.6 Å². The van der Waals surface area contributed by atoms with Crippen LogP contribution in [0, 0.1) is 6.92 Å². The number of imide groups is 1. The van der Waals surface area contributed by atoms with Crippen LogP contribution in [-0.4, -0.2) is 11.8 Å². The highest BCUT2D eigenvalue weighted by Gasteiger charge is 2.04. The van der Waals surface area contributed by atoms with Crippen molar-refractivity contribution in [2.45, 2.75) is 13.8 Å². The molecule has 0 radical (unpaired) electrons. The molecular weight excluding hydrogens is 214 g/mol. The Bertz CT molecular complexity index is 487. The lowest BCUT2D eigenvalue weighted by Crippen LogP contribution is -2.28. The molecule has 3 nitrogen and oxygen atoms in total. The van der Waals surface area contributed by atoms with Gasteiger partial charge in [0.1, 0.15) is 0 Å². The summed E-state index contributed by atoms with van der Waals surface area (Å²) in [7, 11) is 0. The molecule has 0 fully saturated rings. The molecule has 88 valence electrons. The SMILES string of the molecule is C=C(C)C(=O)NC(=O)/C=C/c1ccccc1C. The smallest absolute Gasteiger partial charge is 0.253 e. The highest BCUT2D eigenvalue weighted by atomic mass is 16.2. The quantitative estimate of drug-likeness (QED) is 0.808. The Kier molecular flexibility index (Phi) is 4.40. The summed E-state index contributed by atoms with van der Waals surface area (Å²) in [6.07, 6.45) is 3.01. The fraction of sp³-hybridized carbons (Fsp3) is 0.143. The minimum Gasteiger partial charge on any atom is -0.289 e. The van der Waals surface area contributed by atoms with Crippen LogP contribution in [0.1, 0.15) is 18.1 Å². The molecule has 17 heavy (non-hydrogen) atoms. The number of nitrogens with one attached hydrogen (secondary N) is 1. The van der Waals surface area contributed by atoms with Crippen molar-refractivity contribution >= 4 is 17.9 Å². The van der Waals surface area contributed by atoms with Crippen LogP contribution in [0.3, 0.4) is 0 Å². The maximum atomic E-state index is 11.4. The highest BCUT2D eigenvalue weighted by molar-refractivity contribution is 6.08. The van der Waals surface area contributed by atoms with E-state index >= 15 is 0 Å². The first-order chi connectivity index (χ1) is 8.00. The van der Waals surface area contributed by atoms with Crippen LogP contribution in [-0.2, 0) is 9.59 Å². The van der Waals surface area contributed by atoms with Gasteiger partial charge in [0.25, 0.3) is 11.8 Å². The van der Waals surface area contributed by atoms with E-state index in [4.69, 9.17) is 0 Å². The first-order valence-electron chi connectivity index (χ1n) is 5.25. The summed E-state index contributed by atoms with van der Waals surface area (Å²) in [5, 5.41) is 2.20. The largest absolute Gasteiger partial charge is 0.289 e. The molecular formula is C14H15NO2. The summed E-state index contributed by atoms with van der Waals surface area (Å²) in [4.78, 5) is 22.5. The van der Waals surface area contributed by atoms with Crippen molar-refractivity contribution in [3.63, 3.8) is 0 Å². The second kappa shape index (κ2) is 5.80. The van der Waals surface area contributed by atoms with Crippen molar-refractivity contribution in [2.75, 3.05) is 0 Å².